The van der Waals surface area contributed by atoms with E-state index in [1.165, 1.54) is 0 Å². The Morgan fingerprint density at radius 2 is 1.85 bits per heavy atom. The zero-order valence-electron chi connectivity index (χ0n) is 15.6. The van der Waals surface area contributed by atoms with Crippen LogP contribution in [0.15, 0.2) is 24.3 Å². The number of amides is 1. The molecule has 0 spiro atoms. The number of aromatic nitrogens is 2. The molecule has 0 aliphatic carbocycles. The maximum atomic E-state index is 12.7. The van der Waals surface area contributed by atoms with Gasteiger partial charge in [0.1, 0.15) is 0 Å². The van der Waals surface area contributed by atoms with Crippen LogP contribution in [0.5, 0.6) is 0 Å². The lowest BCUT2D eigenvalue weighted by atomic mass is 10.1. The molecule has 0 unspecified atom stereocenters. The van der Waals surface area contributed by atoms with Gasteiger partial charge in [-0.2, -0.15) is 5.10 Å². The zero-order chi connectivity index (χ0) is 19.1. The van der Waals surface area contributed by atoms with Crippen molar-refractivity contribution in [3.05, 3.63) is 46.8 Å². The van der Waals surface area contributed by atoms with Crippen molar-refractivity contribution in [1.82, 2.24) is 9.78 Å². The summed E-state index contributed by atoms with van der Waals surface area (Å²) in [6, 6.07) is 7.44. The summed E-state index contributed by atoms with van der Waals surface area (Å²) < 4.78 is 25.4. The van der Waals surface area contributed by atoms with Crippen molar-refractivity contribution in [3.63, 3.8) is 0 Å². The number of hydrogen-bond donors (Lipinski definition) is 1. The molecule has 7 heteroatoms. The van der Waals surface area contributed by atoms with Crippen LogP contribution in [0.4, 0.5) is 5.69 Å². The van der Waals surface area contributed by atoms with E-state index in [1.807, 2.05) is 45.9 Å². The Hall–Kier alpha value is -2.15. The summed E-state index contributed by atoms with van der Waals surface area (Å²) in [5.74, 6) is 0.135. The first-order valence-electron chi connectivity index (χ1n) is 8.84. The molecule has 1 aromatic carbocycles. The molecule has 1 aromatic heterocycles. The van der Waals surface area contributed by atoms with Gasteiger partial charge in [-0.3, -0.25) is 9.48 Å². The van der Waals surface area contributed by atoms with Gasteiger partial charge in [0.2, 0.25) is 0 Å². The van der Waals surface area contributed by atoms with Gasteiger partial charge in [-0.15, -0.1) is 0 Å². The Labute approximate surface area is 154 Å². The van der Waals surface area contributed by atoms with Crippen LogP contribution in [0.25, 0.3) is 0 Å². The molecule has 140 valence electrons. The second-order valence-electron chi connectivity index (χ2n) is 7.44. The van der Waals surface area contributed by atoms with Crippen molar-refractivity contribution in [1.29, 1.82) is 0 Å². The van der Waals surface area contributed by atoms with Gasteiger partial charge in [-0.05, 0) is 55.5 Å². The highest BCUT2D eigenvalue weighted by atomic mass is 32.2. The fraction of sp³-hybridized carbons (Fsp3) is 0.474. The quantitative estimate of drug-likeness (QED) is 0.889. The van der Waals surface area contributed by atoms with E-state index in [0.29, 0.717) is 12.1 Å². The van der Waals surface area contributed by atoms with Crippen LogP contribution in [0.2, 0.25) is 0 Å². The number of rotatable bonds is 4. The van der Waals surface area contributed by atoms with Crippen molar-refractivity contribution in [3.8, 4) is 0 Å². The first-order valence-corrected chi connectivity index (χ1v) is 10.7. The van der Waals surface area contributed by atoms with Crippen molar-refractivity contribution >= 4 is 21.4 Å². The second-order valence-corrected chi connectivity index (χ2v) is 9.67. The molecule has 26 heavy (non-hydrogen) atoms. The third-order valence-corrected chi connectivity index (χ3v) is 6.37. The van der Waals surface area contributed by atoms with Gasteiger partial charge in [-0.1, -0.05) is 19.9 Å². The van der Waals surface area contributed by atoms with Crippen LogP contribution < -0.4 is 5.32 Å². The van der Waals surface area contributed by atoms with E-state index >= 15 is 0 Å². The highest BCUT2D eigenvalue weighted by Crippen LogP contribution is 2.28. The predicted molar refractivity (Wildman–Crippen MR) is 102 cm³/mol. The summed E-state index contributed by atoms with van der Waals surface area (Å²) in [6.07, 6.45) is 0.544. The van der Waals surface area contributed by atoms with Gasteiger partial charge in [0, 0.05) is 11.4 Å². The minimum absolute atomic E-state index is 0.0898. The zero-order valence-corrected chi connectivity index (χ0v) is 16.4. The van der Waals surface area contributed by atoms with Crippen LogP contribution in [0.1, 0.15) is 59.5 Å². The van der Waals surface area contributed by atoms with E-state index in [1.54, 1.807) is 10.7 Å². The lowest BCUT2D eigenvalue weighted by molar-refractivity contribution is 0.102. The van der Waals surface area contributed by atoms with Gasteiger partial charge in [-0.25, -0.2) is 8.42 Å². The van der Waals surface area contributed by atoms with Crippen LogP contribution in [-0.4, -0.2) is 35.6 Å². The standard InChI is InChI=1S/C19H25N3O3S/c1-12(2)18-10-17(21-22(18)16-5-6-26(24,25)11-16)19(23)20-15-8-13(3)7-14(4)9-15/h7-10,12,16H,5-6,11H2,1-4H3,(H,20,23)/t16-/m1/s1. The summed E-state index contributed by atoms with van der Waals surface area (Å²) in [5, 5.41) is 7.35. The van der Waals surface area contributed by atoms with Crippen molar-refractivity contribution in [2.75, 3.05) is 16.8 Å². The van der Waals surface area contributed by atoms with Crippen molar-refractivity contribution in [2.24, 2.45) is 0 Å². The molecule has 1 saturated heterocycles. The van der Waals surface area contributed by atoms with Gasteiger partial charge in [0.25, 0.3) is 5.91 Å². The Balaban J connectivity index is 1.88. The molecule has 1 amide bonds. The largest absolute Gasteiger partial charge is 0.321 e. The molecule has 3 rings (SSSR count). The van der Waals surface area contributed by atoms with E-state index in [-0.39, 0.29) is 29.4 Å². The van der Waals surface area contributed by atoms with Crippen LogP contribution in [0, 0.1) is 13.8 Å². The van der Waals surface area contributed by atoms with Crippen molar-refractivity contribution < 1.29 is 13.2 Å². The second kappa shape index (κ2) is 6.87. The average molecular weight is 375 g/mol. The maximum absolute atomic E-state index is 12.7. The monoisotopic (exact) mass is 375 g/mol. The molecule has 1 N–H and O–H groups in total. The summed E-state index contributed by atoms with van der Waals surface area (Å²) in [7, 11) is -3.02. The summed E-state index contributed by atoms with van der Waals surface area (Å²) >= 11 is 0. The number of hydrogen-bond acceptors (Lipinski definition) is 4. The van der Waals surface area contributed by atoms with Crippen molar-refractivity contribution in [2.45, 2.75) is 46.1 Å². The Bertz CT molecular complexity index is 925. The van der Waals surface area contributed by atoms with E-state index in [2.05, 4.69) is 10.4 Å². The SMILES string of the molecule is Cc1cc(C)cc(NC(=O)c2cc(C(C)C)n([C@@H]3CCS(=O)(=O)C3)n2)c1. The van der Waals surface area contributed by atoms with E-state index in [4.69, 9.17) is 0 Å². The highest BCUT2D eigenvalue weighted by Gasteiger charge is 2.32. The molecular formula is C19H25N3O3S. The third kappa shape index (κ3) is 3.98. The molecule has 2 heterocycles. The van der Waals surface area contributed by atoms with Crippen LogP contribution in [-0.2, 0) is 9.84 Å². The lowest BCUT2D eigenvalue weighted by Crippen LogP contribution is -2.17. The van der Waals surface area contributed by atoms with Gasteiger partial charge in [0.15, 0.2) is 15.5 Å². The third-order valence-electron chi connectivity index (χ3n) is 4.62. The normalized spacial score (nSPS) is 19.0. The number of benzene rings is 1. The fourth-order valence-electron chi connectivity index (χ4n) is 3.45. The predicted octanol–water partition coefficient (Wildman–Crippen LogP) is 3.24. The molecular weight excluding hydrogens is 350 g/mol. The molecule has 0 bridgehead atoms. The first-order chi connectivity index (χ1) is 12.1. The topological polar surface area (TPSA) is 81.1 Å². The number of carbonyl (C=O) groups is 1. The number of carbonyl (C=O) groups excluding carboxylic acids is 1. The summed E-state index contributed by atoms with van der Waals surface area (Å²) in [6.45, 7) is 7.99. The average Bonchev–Trinajstić information content (AvgIpc) is 3.09. The highest BCUT2D eigenvalue weighted by molar-refractivity contribution is 7.91. The molecule has 0 saturated carbocycles. The van der Waals surface area contributed by atoms with E-state index in [0.717, 1.165) is 22.5 Å². The van der Waals surface area contributed by atoms with Gasteiger partial charge in [0.05, 0.1) is 17.5 Å². The molecule has 1 atom stereocenters. The lowest BCUT2D eigenvalue weighted by Gasteiger charge is -2.15. The number of sulfone groups is 1. The molecule has 1 aliphatic rings. The molecule has 0 radical (unpaired) electrons. The number of nitrogens with one attached hydrogen (secondary N) is 1. The Morgan fingerprint density at radius 1 is 1.19 bits per heavy atom. The fourth-order valence-corrected chi connectivity index (χ4v) is 5.15. The van der Waals surface area contributed by atoms with Gasteiger partial charge < -0.3 is 5.32 Å². The number of anilines is 1. The Morgan fingerprint density at radius 3 is 2.38 bits per heavy atom. The number of aryl methyl sites for hydroxylation is 2. The minimum Gasteiger partial charge on any atom is -0.321 e. The first kappa shape index (κ1) is 18.6. The molecule has 2 aromatic rings. The number of nitrogens with zero attached hydrogens (tertiary/aromatic N) is 2. The smallest absolute Gasteiger partial charge is 0.276 e. The van der Waals surface area contributed by atoms with Crippen LogP contribution in [0.3, 0.4) is 0 Å². The van der Waals surface area contributed by atoms with Crippen LogP contribution >= 0.6 is 0 Å². The molecule has 6 nitrogen and oxygen atoms in total. The molecule has 1 aliphatic heterocycles. The molecule has 1 fully saturated rings. The summed E-state index contributed by atoms with van der Waals surface area (Å²) in [4.78, 5) is 12.7. The van der Waals surface area contributed by atoms with Gasteiger partial charge >= 0.3 is 0 Å². The summed E-state index contributed by atoms with van der Waals surface area (Å²) in [5.41, 5.74) is 4.08. The maximum Gasteiger partial charge on any atom is 0.276 e. The Kier molecular flexibility index (Phi) is 4.92. The van der Waals surface area contributed by atoms with E-state index < -0.39 is 9.84 Å². The van der Waals surface area contributed by atoms with E-state index in [9.17, 15) is 13.2 Å². The minimum atomic E-state index is -3.02.